The Morgan fingerprint density at radius 2 is 1.67 bits per heavy atom. The minimum atomic E-state index is -3.81. The second-order valence-electron chi connectivity index (χ2n) is 5.63. The van der Waals surface area contributed by atoms with Gasteiger partial charge in [-0.3, -0.25) is 4.72 Å². The number of nitrogens with zero attached hydrogens (tertiary/aromatic N) is 4. The molecule has 0 saturated carbocycles. The Hall–Kier alpha value is -2.26. The summed E-state index contributed by atoms with van der Waals surface area (Å²) in [7, 11) is -1.75. The van der Waals surface area contributed by atoms with E-state index in [0.717, 1.165) is 38.3 Å². The fraction of sp³-hybridized carbons (Fsp3) is 0.333. The molecule has 0 spiro atoms. The van der Waals surface area contributed by atoms with Crippen LogP contribution in [0.25, 0.3) is 0 Å². The zero-order valence-corrected chi connectivity index (χ0v) is 14.0. The van der Waals surface area contributed by atoms with Gasteiger partial charge in [0.25, 0.3) is 10.0 Å². The molecule has 2 heterocycles. The van der Waals surface area contributed by atoms with Crippen molar-refractivity contribution in [2.24, 2.45) is 0 Å². The number of anilines is 2. The lowest BCUT2D eigenvalue weighted by atomic mass is 10.3. The number of piperazine rings is 1. The lowest BCUT2D eigenvalue weighted by Gasteiger charge is -2.32. The van der Waals surface area contributed by atoms with Gasteiger partial charge in [-0.1, -0.05) is 0 Å². The van der Waals surface area contributed by atoms with Gasteiger partial charge in [-0.15, -0.1) is 10.2 Å². The van der Waals surface area contributed by atoms with E-state index in [4.69, 9.17) is 0 Å². The second kappa shape index (κ2) is 6.70. The maximum Gasteiger partial charge on any atom is 0.263 e. The maximum absolute atomic E-state index is 12.9. The second-order valence-corrected chi connectivity index (χ2v) is 7.31. The third-order valence-corrected chi connectivity index (χ3v) is 5.21. The first kappa shape index (κ1) is 16.6. The molecule has 0 radical (unpaired) electrons. The number of nitrogens with one attached hydrogen (secondary N) is 1. The van der Waals surface area contributed by atoms with Crippen LogP contribution in [0, 0.1) is 5.82 Å². The highest BCUT2D eigenvalue weighted by atomic mass is 32.2. The van der Waals surface area contributed by atoms with Crippen molar-refractivity contribution >= 4 is 21.7 Å². The van der Waals surface area contributed by atoms with Crippen LogP contribution in [0.3, 0.4) is 0 Å². The third-order valence-electron chi connectivity index (χ3n) is 3.84. The molecular formula is C15H18FN5O2S. The van der Waals surface area contributed by atoms with Crippen LogP contribution in [0.4, 0.5) is 16.0 Å². The molecule has 0 amide bonds. The van der Waals surface area contributed by atoms with E-state index in [-0.39, 0.29) is 10.7 Å². The predicted molar refractivity (Wildman–Crippen MR) is 89.0 cm³/mol. The smallest absolute Gasteiger partial charge is 0.263 e. The molecule has 1 aliphatic heterocycles. The first-order chi connectivity index (χ1) is 11.4. The van der Waals surface area contributed by atoms with E-state index in [2.05, 4.69) is 31.8 Å². The van der Waals surface area contributed by atoms with Crippen molar-refractivity contribution in [1.82, 2.24) is 15.1 Å². The average Bonchev–Trinajstić information content (AvgIpc) is 2.56. The normalized spacial score (nSPS) is 16.2. The van der Waals surface area contributed by atoms with E-state index in [1.807, 2.05) is 0 Å². The minimum absolute atomic E-state index is 0.0335. The minimum Gasteiger partial charge on any atom is -0.353 e. The summed E-state index contributed by atoms with van der Waals surface area (Å²) in [5.74, 6) is 0.343. The number of halogens is 1. The summed E-state index contributed by atoms with van der Waals surface area (Å²) in [5, 5.41) is 8.02. The molecule has 24 heavy (non-hydrogen) atoms. The summed E-state index contributed by atoms with van der Waals surface area (Å²) in [6.07, 6.45) is 0. The number of rotatable bonds is 4. The van der Waals surface area contributed by atoms with Crippen LogP contribution in [0.15, 0.2) is 41.3 Å². The largest absolute Gasteiger partial charge is 0.353 e. The Kier molecular flexibility index (Phi) is 4.63. The number of benzene rings is 1. The maximum atomic E-state index is 12.9. The molecule has 9 heteroatoms. The standard InChI is InChI=1S/C15H18FN5O2S/c1-20-8-10-21(11-9-20)15-7-6-14(17-18-15)19-24(22,23)13-4-2-12(16)3-5-13/h2-7H,8-11H2,1H3,(H,17,19). The Balaban J connectivity index is 1.70. The summed E-state index contributed by atoms with van der Waals surface area (Å²) < 4.78 is 39.7. The Morgan fingerprint density at radius 3 is 2.25 bits per heavy atom. The van der Waals surface area contributed by atoms with Gasteiger partial charge in [-0.2, -0.15) is 0 Å². The molecule has 3 rings (SSSR count). The fourth-order valence-corrected chi connectivity index (χ4v) is 3.39. The summed E-state index contributed by atoms with van der Waals surface area (Å²) >= 11 is 0. The summed E-state index contributed by atoms with van der Waals surface area (Å²) in [5.41, 5.74) is 0. The zero-order chi connectivity index (χ0) is 17.2. The molecule has 128 valence electrons. The van der Waals surface area contributed by atoms with Crippen LogP contribution in [0.5, 0.6) is 0 Å². The molecule has 1 aliphatic rings. The van der Waals surface area contributed by atoms with E-state index < -0.39 is 15.8 Å². The number of sulfonamides is 1. The molecule has 1 N–H and O–H groups in total. The van der Waals surface area contributed by atoms with Crippen molar-refractivity contribution in [1.29, 1.82) is 0 Å². The Labute approximate surface area is 140 Å². The highest BCUT2D eigenvalue weighted by molar-refractivity contribution is 7.92. The van der Waals surface area contributed by atoms with Gasteiger partial charge < -0.3 is 9.80 Å². The van der Waals surface area contributed by atoms with Crippen LogP contribution >= 0.6 is 0 Å². The van der Waals surface area contributed by atoms with Gasteiger partial charge in [0.05, 0.1) is 4.90 Å². The highest BCUT2D eigenvalue weighted by Crippen LogP contribution is 2.17. The van der Waals surface area contributed by atoms with Crippen molar-refractivity contribution in [3.8, 4) is 0 Å². The van der Waals surface area contributed by atoms with Crippen LogP contribution in [-0.4, -0.2) is 56.7 Å². The van der Waals surface area contributed by atoms with Crippen molar-refractivity contribution in [2.75, 3.05) is 42.8 Å². The molecule has 0 aliphatic carbocycles. The van der Waals surface area contributed by atoms with Gasteiger partial charge in [0.2, 0.25) is 0 Å². The predicted octanol–water partition coefficient (Wildman–Crippen LogP) is 1.17. The lowest BCUT2D eigenvalue weighted by molar-refractivity contribution is 0.312. The van der Waals surface area contributed by atoms with E-state index >= 15 is 0 Å². The van der Waals surface area contributed by atoms with Gasteiger partial charge in [-0.05, 0) is 43.4 Å². The molecule has 0 atom stereocenters. The van der Waals surface area contributed by atoms with Gasteiger partial charge >= 0.3 is 0 Å². The zero-order valence-electron chi connectivity index (χ0n) is 13.2. The van der Waals surface area contributed by atoms with Crippen LogP contribution in [0.2, 0.25) is 0 Å². The Morgan fingerprint density at radius 1 is 1.00 bits per heavy atom. The number of likely N-dealkylation sites (N-methyl/N-ethyl adjacent to an activating group) is 1. The number of aromatic nitrogens is 2. The van der Waals surface area contributed by atoms with Gasteiger partial charge in [0, 0.05) is 26.2 Å². The summed E-state index contributed by atoms with van der Waals surface area (Å²) in [6, 6.07) is 7.89. The van der Waals surface area contributed by atoms with Crippen molar-refractivity contribution in [3.05, 3.63) is 42.2 Å². The molecule has 7 nitrogen and oxygen atoms in total. The van der Waals surface area contributed by atoms with Crippen molar-refractivity contribution < 1.29 is 12.8 Å². The molecule has 1 aromatic heterocycles. The lowest BCUT2D eigenvalue weighted by Crippen LogP contribution is -2.44. The summed E-state index contributed by atoms with van der Waals surface area (Å²) in [6.45, 7) is 3.60. The van der Waals surface area contributed by atoms with E-state index in [1.165, 1.54) is 12.1 Å². The number of hydrogen-bond donors (Lipinski definition) is 1. The van der Waals surface area contributed by atoms with Crippen molar-refractivity contribution in [2.45, 2.75) is 4.90 Å². The van der Waals surface area contributed by atoms with Gasteiger partial charge in [0.15, 0.2) is 11.6 Å². The average molecular weight is 351 g/mol. The monoisotopic (exact) mass is 351 g/mol. The van der Waals surface area contributed by atoms with Crippen LogP contribution in [0.1, 0.15) is 0 Å². The first-order valence-corrected chi connectivity index (χ1v) is 8.98. The topological polar surface area (TPSA) is 78.4 Å². The third kappa shape index (κ3) is 3.80. The van der Waals surface area contributed by atoms with E-state index in [9.17, 15) is 12.8 Å². The molecule has 1 aromatic carbocycles. The summed E-state index contributed by atoms with van der Waals surface area (Å²) in [4.78, 5) is 4.30. The Bertz CT molecular complexity index is 788. The molecule has 2 aromatic rings. The van der Waals surface area contributed by atoms with Crippen LogP contribution in [-0.2, 0) is 10.0 Å². The van der Waals surface area contributed by atoms with E-state index in [1.54, 1.807) is 12.1 Å². The quantitative estimate of drug-likeness (QED) is 0.891. The molecule has 1 fully saturated rings. The molecule has 0 unspecified atom stereocenters. The molecular weight excluding hydrogens is 333 g/mol. The molecule has 0 bridgehead atoms. The van der Waals surface area contributed by atoms with Crippen LogP contribution < -0.4 is 9.62 Å². The number of hydrogen-bond acceptors (Lipinski definition) is 6. The SMILES string of the molecule is CN1CCN(c2ccc(NS(=O)(=O)c3ccc(F)cc3)nn2)CC1. The highest BCUT2D eigenvalue weighted by Gasteiger charge is 2.18. The molecule has 1 saturated heterocycles. The van der Waals surface area contributed by atoms with E-state index in [0.29, 0.717) is 5.82 Å². The first-order valence-electron chi connectivity index (χ1n) is 7.50. The van der Waals surface area contributed by atoms with Gasteiger partial charge in [-0.25, -0.2) is 12.8 Å². The van der Waals surface area contributed by atoms with Gasteiger partial charge in [0.1, 0.15) is 5.82 Å². The fourth-order valence-electron chi connectivity index (χ4n) is 2.39. The van der Waals surface area contributed by atoms with Crippen molar-refractivity contribution in [3.63, 3.8) is 0 Å².